The minimum atomic E-state index is -0.417. The molecule has 3 aromatic carbocycles. The molecule has 1 aliphatic rings. The van der Waals surface area contributed by atoms with Crippen molar-refractivity contribution in [3.05, 3.63) is 88.4 Å². The molecule has 2 N–H and O–H groups in total. The van der Waals surface area contributed by atoms with E-state index in [1.54, 1.807) is 60.7 Å². The molecule has 0 radical (unpaired) electrons. The second-order valence-corrected chi connectivity index (χ2v) is 7.61. The second-order valence-electron chi connectivity index (χ2n) is 6.80. The van der Waals surface area contributed by atoms with Crippen molar-refractivity contribution in [1.29, 1.82) is 0 Å². The molecule has 0 bridgehead atoms. The number of carbonyl (C=O) groups excluding carboxylic acids is 3. The van der Waals surface area contributed by atoms with Crippen LogP contribution in [0.1, 0.15) is 31.1 Å². The number of fused-ring (bicyclic) bond motifs is 1. The number of thiocarbonyl (C=S) groups is 1. The average molecular weight is 466 g/mol. The lowest BCUT2D eigenvalue weighted by Crippen LogP contribution is -2.34. The third kappa shape index (κ3) is 4.05. The van der Waals surface area contributed by atoms with Crippen molar-refractivity contribution in [2.45, 2.75) is 0 Å². The molecule has 160 valence electrons. The van der Waals surface area contributed by atoms with E-state index < -0.39 is 17.7 Å². The molecule has 0 atom stereocenters. The lowest BCUT2D eigenvalue weighted by molar-refractivity contribution is 0.0923. The van der Waals surface area contributed by atoms with Gasteiger partial charge in [0.2, 0.25) is 0 Å². The number of ether oxygens (including phenoxy) is 1. The van der Waals surface area contributed by atoms with Crippen LogP contribution in [-0.2, 0) is 0 Å². The lowest BCUT2D eigenvalue weighted by Gasteiger charge is -2.16. The predicted octanol–water partition coefficient (Wildman–Crippen LogP) is 4.28. The number of amides is 3. The monoisotopic (exact) mass is 465 g/mol. The van der Waals surface area contributed by atoms with Gasteiger partial charge in [0.25, 0.3) is 17.7 Å². The summed E-state index contributed by atoms with van der Waals surface area (Å²) < 4.78 is 5.11. The average Bonchev–Trinajstić information content (AvgIpc) is 3.05. The lowest BCUT2D eigenvalue weighted by atomic mass is 10.1. The Balaban J connectivity index is 1.47. The fourth-order valence-corrected chi connectivity index (χ4v) is 3.69. The van der Waals surface area contributed by atoms with Gasteiger partial charge in [-0.1, -0.05) is 29.8 Å². The molecule has 32 heavy (non-hydrogen) atoms. The number of nitrogens with one attached hydrogen (secondary N) is 2. The van der Waals surface area contributed by atoms with E-state index in [1.165, 1.54) is 13.2 Å². The summed E-state index contributed by atoms with van der Waals surface area (Å²) in [5.41, 5.74) is 1.80. The summed E-state index contributed by atoms with van der Waals surface area (Å²) in [6, 6.07) is 17.9. The highest BCUT2D eigenvalue weighted by Gasteiger charge is 2.36. The zero-order valence-electron chi connectivity index (χ0n) is 16.7. The third-order valence-electron chi connectivity index (χ3n) is 4.81. The Morgan fingerprint density at radius 2 is 1.66 bits per heavy atom. The molecular weight excluding hydrogens is 450 g/mol. The zero-order chi connectivity index (χ0) is 22.8. The standard InChI is InChI=1S/C23H16ClN3O4S/c1-31-15-6-4-5-13(11-15)20(28)26-23(32)25-19-10-9-14(12-18(19)24)27-21(29)16-7-2-3-8-17(16)22(27)30/h2-12H,1H3,(H2,25,26,28,32). The quantitative estimate of drug-likeness (QED) is 0.442. The summed E-state index contributed by atoms with van der Waals surface area (Å²) in [6.07, 6.45) is 0. The Labute approximate surface area is 193 Å². The molecule has 0 aliphatic carbocycles. The third-order valence-corrected chi connectivity index (χ3v) is 5.33. The Morgan fingerprint density at radius 3 is 2.28 bits per heavy atom. The number of methoxy groups -OCH3 is 1. The molecule has 9 heteroatoms. The summed E-state index contributed by atoms with van der Waals surface area (Å²) in [5.74, 6) is -0.699. The van der Waals surface area contributed by atoms with E-state index in [0.29, 0.717) is 33.8 Å². The molecule has 0 aromatic heterocycles. The van der Waals surface area contributed by atoms with Crippen molar-refractivity contribution in [2.24, 2.45) is 0 Å². The fourth-order valence-electron chi connectivity index (χ4n) is 3.26. The Hall–Kier alpha value is -3.75. The van der Waals surface area contributed by atoms with Crippen molar-refractivity contribution in [2.75, 3.05) is 17.3 Å². The molecule has 0 spiro atoms. The molecule has 0 unspecified atom stereocenters. The predicted molar refractivity (Wildman–Crippen MR) is 126 cm³/mol. The molecule has 4 rings (SSSR count). The van der Waals surface area contributed by atoms with Crippen LogP contribution in [-0.4, -0.2) is 29.9 Å². The van der Waals surface area contributed by atoms with E-state index in [4.69, 9.17) is 28.6 Å². The van der Waals surface area contributed by atoms with E-state index in [9.17, 15) is 14.4 Å². The first-order valence-electron chi connectivity index (χ1n) is 9.43. The molecule has 0 fully saturated rings. The smallest absolute Gasteiger partial charge is 0.266 e. The molecule has 0 saturated heterocycles. The molecule has 0 saturated carbocycles. The number of nitrogens with zero attached hydrogens (tertiary/aromatic N) is 1. The largest absolute Gasteiger partial charge is 0.497 e. The maximum absolute atomic E-state index is 12.7. The van der Waals surface area contributed by atoms with Crippen molar-refractivity contribution in [3.63, 3.8) is 0 Å². The molecule has 3 amide bonds. The number of rotatable bonds is 4. The second kappa shape index (κ2) is 8.78. The van der Waals surface area contributed by atoms with Crippen molar-refractivity contribution in [3.8, 4) is 5.75 Å². The molecule has 3 aromatic rings. The van der Waals surface area contributed by atoms with E-state index in [-0.39, 0.29) is 10.1 Å². The van der Waals surface area contributed by atoms with Crippen LogP contribution >= 0.6 is 23.8 Å². The van der Waals surface area contributed by atoms with E-state index in [1.807, 2.05) is 0 Å². The van der Waals surface area contributed by atoms with Gasteiger partial charge in [0.1, 0.15) is 5.75 Å². The van der Waals surface area contributed by atoms with Crippen molar-refractivity contribution >= 4 is 58.0 Å². The molecular formula is C23H16ClN3O4S. The van der Waals surface area contributed by atoms with Crippen LogP contribution < -0.4 is 20.3 Å². The zero-order valence-corrected chi connectivity index (χ0v) is 18.3. The maximum atomic E-state index is 12.7. The Morgan fingerprint density at radius 1 is 0.969 bits per heavy atom. The van der Waals surface area contributed by atoms with E-state index in [0.717, 1.165) is 4.90 Å². The molecule has 7 nitrogen and oxygen atoms in total. The molecule has 1 heterocycles. The number of halogens is 1. The van der Waals surface area contributed by atoms with Gasteiger partial charge in [-0.25, -0.2) is 4.90 Å². The van der Waals surface area contributed by atoms with Gasteiger partial charge >= 0.3 is 0 Å². The number of hydrogen-bond acceptors (Lipinski definition) is 5. The van der Waals surface area contributed by atoms with Gasteiger partial charge in [-0.2, -0.15) is 0 Å². The number of anilines is 2. The number of hydrogen-bond donors (Lipinski definition) is 2. The van der Waals surface area contributed by atoms with Crippen LogP contribution in [0.4, 0.5) is 11.4 Å². The maximum Gasteiger partial charge on any atom is 0.266 e. The minimum absolute atomic E-state index is 0.0354. The molecule has 1 aliphatic heterocycles. The highest BCUT2D eigenvalue weighted by atomic mass is 35.5. The van der Waals surface area contributed by atoms with Crippen molar-refractivity contribution in [1.82, 2.24) is 5.32 Å². The normalized spacial score (nSPS) is 12.4. The van der Waals surface area contributed by atoms with Crippen LogP contribution in [0.3, 0.4) is 0 Å². The summed E-state index contributed by atoms with van der Waals surface area (Å²) in [5, 5.41) is 5.67. The summed E-state index contributed by atoms with van der Waals surface area (Å²) in [7, 11) is 1.51. The van der Waals surface area contributed by atoms with Gasteiger partial charge < -0.3 is 10.1 Å². The topological polar surface area (TPSA) is 87.7 Å². The van der Waals surface area contributed by atoms with Crippen molar-refractivity contribution < 1.29 is 19.1 Å². The van der Waals surface area contributed by atoms with Gasteiger partial charge in [0.05, 0.1) is 34.6 Å². The highest BCUT2D eigenvalue weighted by molar-refractivity contribution is 7.80. The van der Waals surface area contributed by atoms with Crippen LogP contribution in [0.15, 0.2) is 66.7 Å². The van der Waals surface area contributed by atoms with Crippen LogP contribution in [0.25, 0.3) is 0 Å². The van der Waals surface area contributed by atoms with E-state index in [2.05, 4.69) is 10.6 Å². The SMILES string of the molecule is COc1cccc(C(=O)NC(=S)Nc2ccc(N3C(=O)c4ccccc4C3=O)cc2Cl)c1. The van der Waals surface area contributed by atoms with Crippen LogP contribution in [0.2, 0.25) is 5.02 Å². The number of carbonyl (C=O) groups is 3. The van der Waals surface area contributed by atoms with Gasteiger partial charge in [0, 0.05) is 5.56 Å². The fraction of sp³-hybridized carbons (Fsp3) is 0.0435. The van der Waals surface area contributed by atoms with Gasteiger partial charge in [-0.15, -0.1) is 0 Å². The number of imide groups is 1. The summed E-state index contributed by atoms with van der Waals surface area (Å²) in [6.45, 7) is 0. The first kappa shape index (κ1) is 21.5. The first-order valence-corrected chi connectivity index (χ1v) is 10.2. The Bertz CT molecular complexity index is 1240. The van der Waals surface area contributed by atoms with Gasteiger partial charge in [-0.05, 0) is 60.7 Å². The van der Waals surface area contributed by atoms with E-state index >= 15 is 0 Å². The summed E-state index contributed by atoms with van der Waals surface area (Å²) in [4.78, 5) is 38.8. The highest BCUT2D eigenvalue weighted by Crippen LogP contribution is 2.32. The van der Waals surface area contributed by atoms with Crippen LogP contribution in [0.5, 0.6) is 5.75 Å². The minimum Gasteiger partial charge on any atom is -0.497 e. The van der Waals surface area contributed by atoms with Crippen LogP contribution in [0, 0.1) is 0 Å². The van der Waals surface area contributed by atoms with Gasteiger partial charge in [-0.3, -0.25) is 19.7 Å². The first-order chi connectivity index (χ1) is 15.4. The number of benzene rings is 3. The van der Waals surface area contributed by atoms with Gasteiger partial charge in [0.15, 0.2) is 5.11 Å². The Kier molecular flexibility index (Phi) is 5.89. The summed E-state index contributed by atoms with van der Waals surface area (Å²) >= 11 is 11.6.